The molecule has 2 fully saturated rings. The first-order valence-corrected chi connectivity index (χ1v) is 10.1. The van der Waals surface area contributed by atoms with Crippen molar-refractivity contribution >= 4 is 5.91 Å². The molecule has 2 saturated heterocycles. The Morgan fingerprint density at radius 2 is 1.81 bits per heavy atom. The van der Waals surface area contributed by atoms with Gasteiger partial charge < -0.3 is 19.7 Å². The van der Waals surface area contributed by atoms with Gasteiger partial charge in [-0.3, -0.25) is 9.69 Å². The molecule has 1 N–H and O–H groups in total. The molecule has 1 aromatic carbocycles. The van der Waals surface area contributed by atoms with Crippen LogP contribution in [0, 0.1) is 0 Å². The molecule has 0 unspecified atom stereocenters. The summed E-state index contributed by atoms with van der Waals surface area (Å²) in [5.41, 5.74) is 1.07. The van der Waals surface area contributed by atoms with E-state index in [0.29, 0.717) is 13.0 Å². The summed E-state index contributed by atoms with van der Waals surface area (Å²) >= 11 is 0. The zero-order valence-corrected chi connectivity index (χ0v) is 16.7. The SMILES string of the molecule is CCOc1ccc(CC(=O)NCC2(N3CCOCC3)CCN(C)CC2)cc1. The Morgan fingerprint density at radius 1 is 1.15 bits per heavy atom. The summed E-state index contributed by atoms with van der Waals surface area (Å²) in [7, 11) is 2.17. The van der Waals surface area contributed by atoms with Crippen molar-refractivity contribution in [3.8, 4) is 5.75 Å². The quantitative estimate of drug-likeness (QED) is 0.784. The van der Waals surface area contributed by atoms with Crippen molar-refractivity contribution < 1.29 is 14.3 Å². The summed E-state index contributed by atoms with van der Waals surface area (Å²) < 4.78 is 11.0. The Balaban J connectivity index is 1.56. The number of nitrogens with one attached hydrogen (secondary N) is 1. The topological polar surface area (TPSA) is 54.0 Å². The molecular formula is C21H33N3O3. The van der Waals surface area contributed by atoms with Gasteiger partial charge in [0.2, 0.25) is 5.91 Å². The van der Waals surface area contributed by atoms with Crippen LogP contribution in [0.4, 0.5) is 0 Å². The average Bonchev–Trinajstić information content (AvgIpc) is 2.70. The third-order valence-electron chi connectivity index (χ3n) is 5.81. The first kappa shape index (κ1) is 20.1. The predicted molar refractivity (Wildman–Crippen MR) is 106 cm³/mol. The normalized spacial score (nSPS) is 21.0. The van der Waals surface area contributed by atoms with Crippen molar-refractivity contribution in [1.82, 2.24) is 15.1 Å². The molecule has 0 aliphatic carbocycles. The van der Waals surface area contributed by atoms with Crippen LogP contribution >= 0.6 is 0 Å². The first-order valence-electron chi connectivity index (χ1n) is 10.1. The third kappa shape index (κ3) is 5.43. The molecule has 0 radical (unpaired) electrons. The van der Waals surface area contributed by atoms with Gasteiger partial charge in [-0.15, -0.1) is 0 Å². The Morgan fingerprint density at radius 3 is 2.44 bits per heavy atom. The van der Waals surface area contributed by atoms with E-state index < -0.39 is 0 Å². The van der Waals surface area contributed by atoms with E-state index in [1.54, 1.807) is 0 Å². The molecular weight excluding hydrogens is 342 g/mol. The highest BCUT2D eigenvalue weighted by atomic mass is 16.5. The molecule has 1 amide bonds. The minimum atomic E-state index is 0.0603. The van der Waals surface area contributed by atoms with Gasteiger partial charge in [0.05, 0.1) is 26.2 Å². The summed E-state index contributed by atoms with van der Waals surface area (Å²) in [6, 6.07) is 7.80. The van der Waals surface area contributed by atoms with Crippen LogP contribution in [0.15, 0.2) is 24.3 Å². The number of likely N-dealkylation sites (tertiary alicyclic amines) is 1. The fourth-order valence-electron chi connectivity index (χ4n) is 4.06. The molecule has 2 aliphatic rings. The van der Waals surface area contributed by atoms with Crippen molar-refractivity contribution in [2.24, 2.45) is 0 Å². The van der Waals surface area contributed by atoms with Crippen molar-refractivity contribution in [1.29, 1.82) is 0 Å². The molecule has 150 valence electrons. The number of morpholine rings is 1. The first-order chi connectivity index (χ1) is 13.1. The van der Waals surface area contributed by atoms with Crippen LogP contribution in [0.3, 0.4) is 0 Å². The van der Waals surface area contributed by atoms with Gasteiger partial charge in [0, 0.05) is 25.2 Å². The van der Waals surface area contributed by atoms with Crippen molar-refractivity contribution in [2.45, 2.75) is 31.7 Å². The van der Waals surface area contributed by atoms with Gasteiger partial charge in [-0.1, -0.05) is 12.1 Å². The van der Waals surface area contributed by atoms with E-state index >= 15 is 0 Å². The lowest BCUT2D eigenvalue weighted by Crippen LogP contribution is -2.62. The number of piperidine rings is 1. The van der Waals surface area contributed by atoms with Crippen LogP contribution in [-0.2, 0) is 16.0 Å². The van der Waals surface area contributed by atoms with E-state index in [1.165, 1.54) is 0 Å². The lowest BCUT2D eigenvalue weighted by Gasteiger charge is -2.49. The monoisotopic (exact) mass is 375 g/mol. The smallest absolute Gasteiger partial charge is 0.224 e. The Hall–Kier alpha value is -1.63. The molecule has 1 aromatic rings. The summed E-state index contributed by atoms with van der Waals surface area (Å²) in [6.07, 6.45) is 2.59. The molecule has 0 atom stereocenters. The molecule has 2 heterocycles. The summed E-state index contributed by atoms with van der Waals surface area (Å²) in [5.74, 6) is 0.935. The van der Waals surface area contributed by atoms with Crippen LogP contribution in [0.1, 0.15) is 25.3 Å². The van der Waals surface area contributed by atoms with Crippen molar-refractivity contribution in [3.63, 3.8) is 0 Å². The lowest BCUT2D eigenvalue weighted by atomic mass is 9.85. The van der Waals surface area contributed by atoms with E-state index in [-0.39, 0.29) is 11.4 Å². The number of ether oxygens (including phenoxy) is 2. The standard InChI is InChI=1S/C21H33N3O3/c1-3-27-19-6-4-18(5-7-19)16-20(25)22-17-21(8-10-23(2)11-9-21)24-12-14-26-15-13-24/h4-7H,3,8-17H2,1-2H3,(H,22,25). The maximum Gasteiger partial charge on any atom is 0.224 e. The fourth-order valence-corrected chi connectivity index (χ4v) is 4.06. The highest BCUT2D eigenvalue weighted by Crippen LogP contribution is 2.29. The molecule has 0 spiro atoms. The fraction of sp³-hybridized carbons (Fsp3) is 0.667. The van der Waals surface area contributed by atoms with E-state index in [9.17, 15) is 4.79 Å². The largest absolute Gasteiger partial charge is 0.494 e. The third-order valence-corrected chi connectivity index (χ3v) is 5.81. The van der Waals surface area contributed by atoms with Gasteiger partial charge in [0.1, 0.15) is 5.75 Å². The number of nitrogens with zero attached hydrogens (tertiary/aromatic N) is 2. The molecule has 0 aromatic heterocycles. The number of carbonyl (C=O) groups excluding carboxylic acids is 1. The van der Waals surface area contributed by atoms with Crippen LogP contribution in [0.5, 0.6) is 5.75 Å². The zero-order valence-electron chi connectivity index (χ0n) is 16.7. The molecule has 27 heavy (non-hydrogen) atoms. The van der Waals surface area contributed by atoms with Gasteiger partial charge in [-0.25, -0.2) is 0 Å². The van der Waals surface area contributed by atoms with E-state index in [4.69, 9.17) is 9.47 Å². The highest BCUT2D eigenvalue weighted by Gasteiger charge is 2.40. The maximum absolute atomic E-state index is 12.6. The average molecular weight is 376 g/mol. The van der Waals surface area contributed by atoms with Crippen LogP contribution in [0.2, 0.25) is 0 Å². The number of benzene rings is 1. The number of rotatable bonds is 7. The van der Waals surface area contributed by atoms with Crippen LogP contribution in [-0.4, -0.2) is 80.8 Å². The van der Waals surface area contributed by atoms with E-state index in [0.717, 1.165) is 70.1 Å². The number of carbonyl (C=O) groups is 1. The van der Waals surface area contributed by atoms with E-state index in [1.807, 2.05) is 31.2 Å². The molecule has 2 aliphatic heterocycles. The van der Waals surface area contributed by atoms with E-state index in [2.05, 4.69) is 22.2 Å². The second-order valence-electron chi connectivity index (χ2n) is 7.66. The summed E-state index contributed by atoms with van der Waals surface area (Å²) in [6.45, 7) is 8.98. The maximum atomic E-state index is 12.6. The number of hydrogen-bond acceptors (Lipinski definition) is 5. The highest BCUT2D eigenvalue weighted by molar-refractivity contribution is 5.78. The Bertz CT molecular complexity index is 591. The van der Waals surface area contributed by atoms with Gasteiger partial charge >= 0.3 is 0 Å². The second kappa shape index (κ2) is 9.53. The van der Waals surface area contributed by atoms with Crippen molar-refractivity contribution in [2.75, 3.05) is 59.6 Å². The minimum Gasteiger partial charge on any atom is -0.494 e. The number of hydrogen-bond donors (Lipinski definition) is 1. The van der Waals surface area contributed by atoms with Gasteiger partial charge in [0.25, 0.3) is 0 Å². The molecule has 0 saturated carbocycles. The molecule has 0 bridgehead atoms. The Kier molecular flexibility index (Phi) is 7.10. The minimum absolute atomic E-state index is 0.0603. The van der Waals surface area contributed by atoms with Crippen molar-refractivity contribution in [3.05, 3.63) is 29.8 Å². The molecule has 6 nitrogen and oxygen atoms in total. The summed E-state index contributed by atoms with van der Waals surface area (Å²) in [4.78, 5) is 17.5. The second-order valence-corrected chi connectivity index (χ2v) is 7.66. The summed E-state index contributed by atoms with van der Waals surface area (Å²) in [5, 5.41) is 3.22. The number of amides is 1. The van der Waals surface area contributed by atoms with Crippen LogP contribution in [0.25, 0.3) is 0 Å². The predicted octanol–water partition coefficient (Wildman–Crippen LogP) is 1.54. The van der Waals surface area contributed by atoms with Gasteiger partial charge in [0.15, 0.2) is 0 Å². The lowest BCUT2D eigenvalue weighted by molar-refractivity contribution is -0.121. The molecule has 3 rings (SSSR count). The van der Waals surface area contributed by atoms with Gasteiger partial charge in [-0.2, -0.15) is 0 Å². The zero-order chi connectivity index (χ0) is 19.1. The van der Waals surface area contributed by atoms with Crippen LogP contribution < -0.4 is 10.1 Å². The Labute approximate surface area is 162 Å². The molecule has 6 heteroatoms. The van der Waals surface area contributed by atoms with Gasteiger partial charge in [-0.05, 0) is 57.6 Å².